The number of benzene rings is 1. The van der Waals surface area contributed by atoms with E-state index in [2.05, 4.69) is 50.3 Å². The summed E-state index contributed by atoms with van der Waals surface area (Å²) in [5.41, 5.74) is 0.705. The van der Waals surface area contributed by atoms with Crippen molar-refractivity contribution in [2.75, 3.05) is 25.0 Å². The molecule has 4 aromatic rings. The topological polar surface area (TPSA) is 160 Å². The predicted molar refractivity (Wildman–Crippen MR) is 144 cm³/mol. The number of pyridine rings is 1. The first kappa shape index (κ1) is 28.2. The molecule has 39 heavy (non-hydrogen) atoms. The van der Waals surface area contributed by atoms with Gasteiger partial charge in [0.2, 0.25) is 5.75 Å². The summed E-state index contributed by atoms with van der Waals surface area (Å²) in [5.74, 6) is 0.203. The van der Waals surface area contributed by atoms with Crippen LogP contribution < -0.4 is 28.4 Å². The summed E-state index contributed by atoms with van der Waals surface area (Å²) in [5, 5.41) is 0.228. The fourth-order valence-corrected chi connectivity index (χ4v) is 4.10. The molecule has 204 valence electrons. The molecule has 4 rings (SSSR count). The molecular formula is C23H21BrClN7O6S. The van der Waals surface area contributed by atoms with Crippen LogP contribution >= 0.6 is 27.5 Å². The molecule has 13 nitrogen and oxygen atoms in total. The van der Waals surface area contributed by atoms with Gasteiger partial charge in [-0.25, -0.2) is 15.0 Å². The molecule has 0 amide bonds. The summed E-state index contributed by atoms with van der Waals surface area (Å²) < 4.78 is 53.5. The van der Waals surface area contributed by atoms with Gasteiger partial charge in [0.15, 0.2) is 5.82 Å². The molecule has 0 atom stereocenters. The number of methoxy groups -OCH3 is 1. The van der Waals surface area contributed by atoms with Crippen molar-refractivity contribution >= 4 is 43.6 Å². The maximum atomic E-state index is 12.8. The molecule has 0 aliphatic rings. The first-order valence-corrected chi connectivity index (χ1v) is 13.7. The van der Waals surface area contributed by atoms with E-state index < -0.39 is 10.2 Å². The molecule has 1 aromatic carbocycles. The zero-order valence-corrected chi connectivity index (χ0v) is 23.4. The van der Waals surface area contributed by atoms with Gasteiger partial charge in [-0.05, 0) is 45.8 Å². The lowest BCUT2D eigenvalue weighted by Gasteiger charge is -2.17. The molecule has 0 aliphatic carbocycles. The van der Waals surface area contributed by atoms with E-state index in [1.54, 1.807) is 49.1 Å². The Hall–Kier alpha value is -3.79. The van der Waals surface area contributed by atoms with E-state index in [4.69, 9.17) is 30.5 Å². The molecule has 0 bridgehead atoms. The highest BCUT2D eigenvalue weighted by atomic mass is 79.9. The Bertz CT molecular complexity index is 1500. The Morgan fingerprint density at radius 2 is 1.74 bits per heavy atom. The quantitative estimate of drug-likeness (QED) is 0.205. The average Bonchev–Trinajstić information content (AvgIpc) is 2.94. The maximum Gasteiger partial charge on any atom is 0.316 e. The van der Waals surface area contributed by atoms with Gasteiger partial charge >= 0.3 is 16.2 Å². The summed E-state index contributed by atoms with van der Waals surface area (Å²) in [6, 6.07) is 8.24. The van der Waals surface area contributed by atoms with E-state index in [-0.39, 0.29) is 54.0 Å². The minimum atomic E-state index is -4.10. The van der Waals surface area contributed by atoms with Crippen LogP contribution in [-0.4, -0.2) is 53.7 Å². The minimum Gasteiger partial charge on any atom is -0.497 e. The van der Waals surface area contributed by atoms with E-state index in [9.17, 15) is 8.42 Å². The fraction of sp³-hybridized carbons (Fsp3) is 0.174. The van der Waals surface area contributed by atoms with Crippen molar-refractivity contribution < 1.29 is 27.4 Å². The van der Waals surface area contributed by atoms with Gasteiger partial charge in [-0.2, -0.15) is 18.1 Å². The third-order valence-corrected chi connectivity index (χ3v) is 6.43. The van der Waals surface area contributed by atoms with Crippen molar-refractivity contribution in [3.63, 3.8) is 0 Å². The second-order valence-corrected chi connectivity index (χ2v) is 10.2. The van der Waals surface area contributed by atoms with Crippen LogP contribution in [0.1, 0.15) is 5.56 Å². The zero-order valence-electron chi connectivity index (χ0n) is 20.2. The Kier molecular flexibility index (Phi) is 9.64. The van der Waals surface area contributed by atoms with Crippen LogP contribution in [-0.2, 0) is 16.8 Å². The van der Waals surface area contributed by atoms with Crippen LogP contribution in [0.25, 0.3) is 0 Å². The molecule has 3 heterocycles. The maximum absolute atomic E-state index is 12.8. The molecule has 0 unspecified atom stereocenters. The number of halogens is 2. The number of anilines is 1. The second-order valence-electron chi connectivity index (χ2n) is 7.42. The van der Waals surface area contributed by atoms with Crippen LogP contribution in [0.3, 0.4) is 0 Å². The fourth-order valence-electron chi connectivity index (χ4n) is 2.91. The zero-order chi connectivity index (χ0) is 27.7. The van der Waals surface area contributed by atoms with Crippen molar-refractivity contribution in [3.8, 4) is 29.1 Å². The molecule has 16 heteroatoms. The summed E-state index contributed by atoms with van der Waals surface area (Å²) >= 11 is 9.56. The number of nitrogens with one attached hydrogen (secondary N) is 2. The van der Waals surface area contributed by atoms with Crippen LogP contribution in [0.2, 0.25) is 5.02 Å². The third-order valence-electron chi connectivity index (χ3n) is 4.72. The third kappa shape index (κ3) is 8.35. The smallest absolute Gasteiger partial charge is 0.316 e. The Labute approximate surface area is 237 Å². The lowest BCUT2D eigenvalue weighted by molar-refractivity contribution is 0.197. The highest BCUT2D eigenvalue weighted by molar-refractivity contribution is 9.10. The van der Waals surface area contributed by atoms with Gasteiger partial charge in [0.1, 0.15) is 31.0 Å². The molecular weight excluding hydrogens is 618 g/mol. The van der Waals surface area contributed by atoms with Crippen molar-refractivity contribution in [1.29, 1.82) is 0 Å². The van der Waals surface area contributed by atoms with Crippen LogP contribution in [0.5, 0.6) is 29.1 Å². The van der Waals surface area contributed by atoms with Gasteiger partial charge in [0.05, 0.1) is 16.6 Å². The summed E-state index contributed by atoms with van der Waals surface area (Å²) in [6.45, 7) is 0.0598. The number of ether oxygens (including phenoxy) is 4. The van der Waals surface area contributed by atoms with Gasteiger partial charge in [-0.3, -0.25) is 9.71 Å². The second kappa shape index (κ2) is 13.3. The van der Waals surface area contributed by atoms with E-state index in [1.165, 1.54) is 13.2 Å². The highest BCUT2D eigenvalue weighted by Gasteiger charge is 2.22. The summed E-state index contributed by atoms with van der Waals surface area (Å²) in [4.78, 5) is 20.1. The molecule has 3 aromatic heterocycles. The summed E-state index contributed by atoms with van der Waals surface area (Å²) in [7, 11) is -2.62. The van der Waals surface area contributed by atoms with Crippen molar-refractivity contribution in [3.05, 3.63) is 76.5 Å². The normalized spacial score (nSPS) is 11.1. The van der Waals surface area contributed by atoms with Gasteiger partial charge in [-0.1, -0.05) is 11.6 Å². The Morgan fingerprint density at radius 3 is 2.49 bits per heavy atom. The van der Waals surface area contributed by atoms with E-state index in [1.807, 2.05) is 0 Å². The van der Waals surface area contributed by atoms with Gasteiger partial charge in [0.25, 0.3) is 5.88 Å². The first-order chi connectivity index (χ1) is 18.8. The number of aromatic nitrogens is 5. The lowest BCUT2D eigenvalue weighted by atomic mass is 10.3. The number of nitrogens with zero attached hydrogens (tertiary/aromatic N) is 5. The lowest BCUT2D eigenvalue weighted by Crippen LogP contribution is -2.30. The van der Waals surface area contributed by atoms with Crippen molar-refractivity contribution in [1.82, 2.24) is 29.6 Å². The number of rotatable bonds is 13. The SMILES string of the molecule is COc1ccc(Cl)c(Oc2c(NS(=O)(=O)NCc3ccncc3)ncnc2OCCOc2ncc(Br)cn2)c1. The first-order valence-electron chi connectivity index (χ1n) is 11.1. The van der Waals surface area contributed by atoms with E-state index in [0.717, 1.165) is 6.33 Å². The molecule has 2 N–H and O–H groups in total. The predicted octanol–water partition coefficient (Wildman–Crippen LogP) is 3.78. The van der Waals surface area contributed by atoms with Gasteiger partial charge < -0.3 is 18.9 Å². The van der Waals surface area contributed by atoms with Crippen LogP contribution in [0.4, 0.5) is 5.82 Å². The largest absolute Gasteiger partial charge is 0.497 e. The average molecular weight is 639 g/mol. The molecule has 0 spiro atoms. The molecule has 0 aliphatic heterocycles. The van der Waals surface area contributed by atoms with Crippen molar-refractivity contribution in [2.45, 2.75) is 6.54 Å². The van der Waals surface area contributed by atoms with Crippen LogP contribution in [0.15, 0.2) is 65.9 Å². The molecule has 0 radical (unpaired) electrons. The molecule has 0 saturated carbocycles. The molecule has 0 saturated heterocycles. The Balaban J connectivity index is 1.54. The summed E-state index contributed by atoms with van der Waals surface area (Å²) in [6.07, 6.45) is 7.31. The van der Waals surface area contributed by atoms with E-state index >= 15 is 0 Å². The highest BCUT2D eigenvalue weighted by Crippen LogP contribution is 2.40. The van der Waals surface area contributed by atoms with Gasteiger partial charge in [0, 0.05) is 37.4 Å². The van der Waals surface area contributed by atoms with Crippen molar-refractivity contribution in [2.24, 2.45) is 0 Å². The monoisotopic (exact) mass is 637 g/mol. The van der Waals surface area contributed by atoms with Crippen LogP contribution in [0, 0.1) is 0 Å². The van der Waals surface area contributed by atoms with Gasteiger partial charge in [-0.15, -0.1) is 0 Å². The Morgan fingerprint density at radius 1 is 1.00 bits per heavy atom. The number of hydrogen-bond acceptors (Lipinski definition) is 11. The number of hydrogen-bond donors (Lipinski definition) is 2. The standard InChI is InChI=1S/C23H21BrClN7O6S/c1-35-17-2-3-18(25)19(10-17)38-20-21(32-39(33,34)31-11-15-4-6-26-7-5-15)29-14-30-22(20)36-8-9-37-23-27-12-16(24)13-28-23/h2-7,10,12-14,31H,8-9,11H2,1H3,(H,29,30,32). The van der Waals surface area contributed by atoms with E-state index in [0.29, 0.717) is 15.8 Å². The molecule has 0 fully saturated rings. The minimum absolute atomic E-state index is 0.00881.